The first-order chi connectivity index (χ1) is 7.30. The number of hydrogen-bond donors (Lipinski definition) is 0. The van der Waals surface area contributed by atoms with E-state index in [-0.39, 0.29) is 0 Å². The molecule has 0 aromatic heterocycles. The van der Waals surface area contributed by atoms with Crippen LogP contribution in [0.5, 0.6) is 5.75 Å². The van der Waals surface area contributed by atoms with E-state index < -0.39 is 0 Å². The van der Waals surface area contributed by atoms with E-state index in [0.29, 0.717) is 5.92 Å². The summed E-state index contributed by atoms with van der Waals surface area (Å²) >= 11 is 0. The van der Waals surface area contributed by atoms with E-state index in [1.54, 1.807) is 0 Å². The van der Waals surface area contributed by atoms with Crippen molar-refractivity contribution in [1.82, 2.24) is 0 Å². The lowest BCUT2D eigenvalue weighted by molar-refractivity contribution is 0.240. The van der Waals surface area contributed by atoms with Crippen molar-refractivity contribution in [2.24, 2.45) is 5.92 Å². The molecular formula is C14H20O. The van der Waals surface area contributed by atoms with Crippen molar-refractivity contribution in [1.29, 1.82) is 0 Å². The Morgan fingerprint density at radius 2 is 2.07 bits per heavy atom. The number of ether oxygens (including phenoxy) is 1. The van der Waals surface area contributed by atoms with E-state index in [9.17, 15) is 0 Å². The summed E-state index contributed by atoms with van der Waals surface area (Å²) in [5, 5.41) is 0. The van der Waals surface area contributed by atoms with Crippen molar-refractivity contribution in [3.63, 3.8) is 0 Å². The molecule has 0 spiro atoms. The van der Waals surface area contributed by atoms with Gasteiger partial charge in [-0.25, -0.2) is 0 Å². The molecule has 82 valence electrons. The van der Waals surface area contributed by atoms with Gasteiger partial charge >= 0.3 is 0 Å². The summed E-state index contributed by atoms with van der Waals surface area (Å²) in [5.74, 6) is 1.61. The summed E-state index contributed by atoms with van der Waals surface area (Å²) in [7, 11) is 0. The lowest BCUT2D eigenvalue weighted by Crippen LogP contribution is -2.09. The number of hydrogen-bond acceptors (Lipinski definition) is 1. The van der Waals surface area contributed by atoms with Crippen LogP contribution in [0, 0.1) is 5.92 Å². The van der Waals surface area contributed by atoms with Crippen molar-refractivity contribution in [2.75, 3.05) is 6.61 Å². The summed E-state index contributed by atoms with van der Waals surface area (Å²) in [5.41, 5.74) is 1.11. The highest BCUT2D eigenvalue weighted by molar-refractivity contribution is 5.49. The Morgan fingerprint density at radius 1 is 1.33 bits per heavy atom. The minimum absolute atomic E-state index is 0.664. The molecule has 1 nitrogen and oxygen atoms in total. The average Bonchev–Trinajstić information content (AvgIpc) is 2.31. The van der Waals surface area contributed by atoms with E-state index in [1.165, 1.54) is 12.8 Å². The molecule has 0 aliphatic carbocycles. The first-order valence-corrected chi connectivity index (χ1v) is 5.65. The van der Waals surface area contributed by atoms with Crippen LogP contribution in [-0.2, 0) is 0 Å². The largest absolute Gasteiger partial charge is 0.493 e. The van der Waals surface area contributed by atoms with Gasteiger partial charge in [-0.15, -0.1) is 0 Å². The summed E-state index contributed by atoms with van der Waals surface area (Å²) in [6.45, 7) is 8.97. The molecule has 1 aromatic rings. The molecule has 0 aliphatic rings. The quantitative estimate of drug-likeness (QED) is 0.676. The topological polar surface area (TPSA) is 9.23 Å². The predicted octanol–water partition coefficient (Wildman–Crippen LogP) is 4.14. The first kappa shape index (κ1) is 11.8. The number of rotatable bonds is 6. The highest BCUT2D eigenvalue weighted by Crippen LogP contribution is 2.16. The van der Waals surface area contributed by atoms with Crippen LogP contribution in [0.4, 0.5) is 0 Å². The standard InChI is InChI=1S/C14H20O/c1-4-12(5-2)11-15-14-9-7-8-13(6-3)10-14/h6-10,12H,3-5,11H2,1-2H3. The molecule has 15 heavy (non-hydrogen) atoms. The van der Waals surface area contributed by atoms with Crippen LogP contribution in [0.1, 0.15) is 32.3 Å². The summed E-state index contributed by atoms with van der Waals surface area (Å²) in [6, 6.07) is 8.04. The lowest BCUT2D eigenvalue weighted by Gasteiger charge is -2.13. The van der Waals surface area contributed by atoms with E-state index in [2.05, 4.69) is 20.4 Å². The minimum Gasteiger partial charge on any atom is -0.493 e. The van der Waals surface area contributed by atoms with Gasteiger partial charge in [-0.1, -0.05) is 51.5 Å². The molecule has 0 bridgehead atoms. The molecule has 0 saturated heterocycles. The monoisotopic (exact) mass is 204 g/mol. The average molecular weight is 204 g/mol. The van der Waals surface area contributed by atoms with Gasteiger partial charge in [0.2, 0.25) is 0 Å². The lowest BCUT2D eigenvalue weighted by atomic mass is 10.1. The van der Waals surface area contributed by atoms with Gasteiger partial charge in [-0.05, 0) is 23.6 Å². The zero-order valence-corrected chi connectivity index (χ0v) is 9.70. The maximum atomic E-state index is 5.74. The Hall–Kier alpha value is -1.24. The maximum absolute atomic E-state index is 5.74. The van der Waals surface area contributed by atoms with E-state index >= 15 is 0 Å². The van der Waals surface area contributed by atoms with Crippen molar-refractivity contribution in [2.45, 2.75) is 26.7 Å². The molecule has 0 aliphatic heterocycles. The van der Waals surface area contributed by atoms with Crippen LogP contribution in [-0.4, -0.2) is 6.61 Å². The zero-order valence-electron chi connectivity index (χ0n) is 9.70. The smallest absolute Gasteiger partial charge is 0.119 e. The van der Waals surface area contributed by atoms with Crippen molar-refractivity contribution in [3.05, 3.63) is 36.4 Å². The Labute approximate surface area is 92.8 Å². The van der Waals surface area contributed by atoms with E-state index in [1.807, 2.05) is 30.3 Å². The van der Waals surface area contributed by atoms with Crippen LogP contribution in [0.15, 0.2) is 30.8 Å². The molecule has 0 fully saturated rings. The fourth-order valence-corrected chi connectivity index (χ4v) is 1.47. The Bertz CT molecular complexity index is 300. The van der Waals surface area contributed by atoms with Gasteiger partial charge in [0.15, 0.2) is 0 Å². The van der Waals surface area contributed by atoms with Gasteiger partial charge in [0, 0.05) is 0 Å². The van der Waals surface area contributed by atoms with Gasteiger partial charge in [-0.3, -0.25) is 0 Å². The van der Waals surface area contributed by atoms with Crippen molar-refractivity contribution >= 4 is 6.08 Å². The van der Waals surface area contributed by atoms with Gasteiger partial charge < -0.3 is 4.74 Å². The molecule has 1 heteroatoms. The van der Waals surface area contributed by atoms with Crippen molar-refractivity contribution < 1.29 is 4.74 Å². The minimum atomic E-state index is 0.664. The van der Waals surface area contributed by atoms with Gasteiger partial charge in [0.05, 0.1) is 6.61 Å². The molecule has 0 heterocycles. The Balaban J connectivity index is 2.53. The van der Waals surface area contributed by atoms with Crippen LogP contribution in [0.3, 0.4) is 0 Å². The van der Waals surface area contributed by atoms with Crippen LogP contribution in [0.2, 0.25) is 0 Å². The summed E-state index contributed by atoms with van der Waals surface area (Å²) in [4.78, 5) is 0. The van der Waals surface area contributed by atoms with Crippen LogP contribution < -0.4 is 4.74 Å². The predicted molar refractivity (Wildman–Crippen MR) is 66.1 cm³/mol. The third kappa shape index (κ3) is 3.78. The Kier molecular flexibility index (Phi) is 4.96. The van der Waals surface area contributed by atoms with Gasteiger partial charge in [0.1, 0.15) is 5.75 Å². The van der Waals surface area contributed by atoms with Crippen molar-refractivity contribution in [3.8, 4) is 5.75 Å². The molecule has 0 atom stereocenters. The fraction of sp³-hybridized carbons (Fsp3) is 0.429. The fourth-order valence-electron chi connectivity index (χ4n) is 1.47. The van der Waals surface area contributed by atoms with Gasteiger partial charge in [-0.2, -0.15) is 0 Å². The number of benzene rings is 1. The third-order valence-electron chi connectivity index (χ3n) is 2.73. The Morgan fingerprint density at radius 3 is 2.67 bits per heavy atom. The second-order valence-electron chi connectivity index (χ2n) is 3.77. The van der Waals surface area contributed by atoms with Crippen LogP contribution in [0.25, 0.3) is 6.08 Å². The maximum Gasteiger partial charge on any atom is 0.119 e. The van der Waals surface area contributed by atoms with Gasteiger partial charge in [0.25, 0.3) is 0 Å². The first-order valence-electron chi connectivity index (χ1n) is 5.65. The van der Waals surface area contributed by atoms with Crippen LogP contribution >= 0.6 is 0 Å². The molecular weight excluding hydrogens is 184 g/mol. The summed E-state index contributed by atoms with van der Waals surface area (Å²) in [6.07, 6.45) is 4.19. The molecule has 1 aromatic carbocycles. The normalized spacial score (nSPS) is 10.3. The molecule has 0 amide bonds. The second kappa shape index (κ2) is 6.28. The molecule has 0 saturated carbocycles. The van der Waals surface area contributed by atoms with E-state index in [0.717, 1.165) is 17.9 Å². The molecule has 0 radical (unpaired) electrons. The highest BCUT2D eigenvalue weighted by Gasteiger charge is 2.04. The molecule has 0 N–H and O–H groups in total. The third-order valence-corrected chi connectivity index (χ3v) is 2.73. The molecule has 1 rings (SSSR count). The summed E-state index contributed by atoms with van der Waals surface area (Å²) < 4.78 is 5.74. The highest BCUT2D eigenvalue weighted by atomic mass is 16.5. The SMILES string of the molecule is C=Cc1cccc(OCC(CC)CC)c1. The zero-order chi connectivity index (χ0) is 11.1. The molecule has 0 unspecified atom stereocenters. The second-order valence-corrected chi connectivity index (χ2v) is 3.77. The van der Waals surface area contributed by atoms with E-state index in [4.69, 9.17) is 4.74 Å².